The van der Waals surface area contributed by atoms with E-state index >= 15 is 0 Å². The van der Waals surface area contributed by atoms with Crippen molar-refractivity contribution in [3.63, 3.8) is 0 Å². The fourth-order valence-corrected chi connectivity index (χ4v) is 1.96. The van der Waals surface area contributed by atoms with Gasteiger partial charge in [-0.25, -0.2) is 4.79 Å². The monoisotopic (exact) mass is 301 g/mol. The fourth-order valence-electron chi connectivity index (χ4n) is 1.89. The minimum Gasteiger partial charge on any atom is -0.393 e. The van der Waals surface area contributed by atoms with Crippen LogP contribution in [0.4, 0.5) is 10.5 Å². The molecule has 0 saturated carbocycles. The van der Waals surface area contributed by atoms with Gasteiger partial charge in [-0.05, 0) is 11.5 Å². The van der Waals surface area contributed by atoms with Crippen LogP contribution in [0.25, 0.3) is 10.8 Å². The molecule has 4 N–H and O–H groups in total. The quantitative estimate of drug-likeness (QED) is 0.759. The van der Waals surface area contributed by atoms with E-state index in [9.17, 15) is 4.79 Å². The second-order valence-corrected chi connectivity index (χ2v) is 6.02. The van der Waals surface area contributed by atoms with E-state index < -0.39 is 5.41 Å². The molecule has 0 heterocycles. The number of anilines is 1. The largest absolute Gasteiger partial charge is 0.393 e. The second kappa shape index (κ2) is 6.10. The van der Waals surface area contributed by atoms with Crippen molar-refractivity contribution in [1.29, 1.82) is 0 Å². The number of rotatable bonds is 4. The van der Waals surface area contributed by atoms with E-state index in [-0.39, 0.29) is 6.03 Å². The lowest BCUT2D eigenvalue weighted by Gasteiger charge is -2.23. The molecule has 0 fully saturated rings. The number of nitrogens with two attached hydrogens (primary N) is 1. The van der Waals surface area contributed by atoms with Crippen molar-refractivity contribution in [2.75, 3.05) is 11.9 Å². The van der Waals surface area contributed by atoms with Gasteiger partial charge >= 0.3 is 6.03 Å². The van der Waals surface area contributed by atoms with Crippen molar-refractivity contribution in [3.05, 3.63) is 42.5 Å². The Bertz CT molecular complexity index is 677. The minimum atomic E-state index is -0.411. The van der Waals surface area contributed by atoms with Gasteiger partial charge in [0.1, 0.15) is 0 Å². The van der Waals surface area contributed by atoms with Gasteiger partial charge in [-0.1, -0.05) is 62.5 Å². The molecule has 0 bridgehead atoms. The van der Waals surface area contributed by atoms with Gasteiger partial charge in [-0.15, -0.1) is 0 Å². The topological polar surface area (TPSA) is 67.2 Å². The SMILES string of the molecule is CC(C)(CNC(=O)Nc1cccc2ccccc12)C(N)=S. The lowest BCUT2D eigenvalue weighted by molar-refractivity contribution is 0.249. The summed E-state index contributed by atoms with van der Waals surface area (Å²) in [7, 11) is 0. The van der Waals surface area contributed by atoms with Crippen LogP contribution in [-0.4, -0.2) is 17.6 Å². The summed E-state index contributed by atoms with van der Waals surface area (Å²) in [4.78, 5) is 12.4. The molecule has 2 amide bonds. The lowest BCUT2D eigenvalue weighted by atomic mass is 9.94. The highest BCUT2D eigenvalue weighted by Crippen LogP contribution is 2.22. The molecule has 110 valence electrons. The van der Waals surface area contributed by atoms with Gasteiger partial charge in [0.25, 0.3) is 0 Å². The molecule has 0 aliphatic heterocycles. The maximum Gasteiger partial charge on any atom is 0.319 e. The molecule has 0 spiro atoms. The van der Waals surface area contributed by atoms with Gasteiger partial charge in [-0.2, -0.15) is 0 Å². The fraction of sp³-hybridized carbons (Fsp3) is 0.250. The number of thiocarbonyl (C=S) groups is 1. The Labute approximate surface area is 129 Å². The third-order valence-corrected chi connectivity index (χ3v) is 3.95. The van der Waals surface area contributed by atoms with Gasteiger partial charge in [0, 0.05) is 17.3 Å². The number of hydrogen-bond acceptors (Lipinski definition) is 2. The van der Waals surface area contributed by atoms with Crippen LogP contribution in [0.15, 0.2) is 42.5 Å². The average Bonchev–Trinajstić information content (AvgIpc) is 2.45. The smallest absolute Gasteiger partial charge is 0.319 e. The van der Waals surface area contributed by atoms with Crippen LogP contribution < -0.4 is 16.4 Å². The van der Waals surface area contributed by atoms with E-state index in [1.807, 2.05) is 56.3 Å². The van der Waals surface area contributed by atoms with Crippen molar-refractivity contribution >= 4 is 39.7 Å². The summed E-state index contributed by atoms with van der Waals surface area (Å²) in [6.45, 7) is 4.18. The Hall–Kier alpha value is -2.14. The van der Waals surface area contributed by atoms with E-state index in [1.54, 1.807) is 0 Å². The van der Waals surface area contributed by atoms with Crippen LogP contribution in [0.5, 0.6) is 0 Å². The summed E-state index contributed by atoms with van der Waals surface area (Å²) in [5, 5.41) is 7.75. The number of carbonyl (C=O) groups excluding carboxylic acids is 1. The Morgan fingerprint density at radius 3 is 2.57 bits per heavy atom. The number of urea groups is 1. The van der Waals surface area contributed by atoms with Gasteiger partial charge in [0.2, 0.25) is 0 Å². The Balaban J connectivity index is 2.07. The molecule has 0 aliphatic rings. The highest BCUT2D eigenvalue weighted by molar-refractivity contribution is 7.80. The highest BCUT2D eigenvalue weighted by atomic mass is 32.1. The zero-order chi connectivity index (χ0) is 15.5. The Morgan fingerprint density at radius 1 is 1.19 bits per heavy atom. The molecule has 21 heavy (non-hydrogen) atoms. The number of nitrogens with one attached hydrogen (secondary N) is 2. The summed E-state index contributed by atoms with van der Waals surface area (Å²) < 4.78 is 0. The first-order chi connectivity index (χ1) is 9.90. The standard InChI is InChI=1S/C16H19N3OS/c1-16(2,14(17)21)10-18-15(20)19-13-9-5-7-11-6-3-4-8-12(11)13/h3-9H,10H2,1-2H3,(H2,17,21)(H2,18,19,20). The molecule has 2 aromatic rings. The Morgan fingerprint density at radius 2 is 1.86 bits per heavy atom. The first-order valence-electron chi connectivity index (χ1n) is 6.73. The van der Waals surface area contributed by atoms with Crippen molar-refractivity contribution in [2.24, 2.45) is 11.1 Å². The maximum absolute atomic E-state index is 12.0. The van der Waals surface area contributed by atoms with Gasteiger partial charge < -0.3 is 16.4 Å². The average molecular weight is 301 g/mol. The zero-order valence-electron chi connectivity index (χ0n) is 12.1. The van der Waals surface area contributed by atoms with Gasteiger partial charge in [0.15, 0.2) is 0 Å². The molecule has 4 nitrogen and oxygen atoms in total. The molecule has 0 unspecified atom stereocenters. The zero-order valence-corrected chi connectivity index (χ0v) is 13.0. The molecule has 0 atom stereocenters. The number of fused-ring (bicyclic) bond motifs is 1. The summed E-state index contributed by atoms with van der Waals surface area (Å²) in [5.41, 5.74) is 6.01. The van der Waals surface area contributed by atoms with Gasteiger partial charge in [-0.3, -0.25) is 0 Å². The molecule has 5 heteroatoms. The minimum absolute atomic E-state index is 0.268. The normalized spacial score (nSPS) is 11.1. The second-order valence-electron chi connectivity index (χ2n) is 5.58. The maximum atomic E-state index is 12.0. The first kappa shape index (κ1) is 15.3. The summed E-state index contributed by atoms with van der Waals surface area (Å²) in [5.74, 6) is 0. The predicted molar refractivity (Wildman–Crippen MR) is 91.5 cm³/mol. The van der Waals surface area contributed by atoms with Crippen molar-refractivity contribution in [1.82, 2.24) is 5.32 Å². The number of amides is 2. The summed E-state index contributed by atoms with van der Waals surface area (Å²) in [6, 6.07) is 13.4. The third-order valence-electron chi connectivity index (χ3n) is 3.40. The molecular weight excluding hydrogens is 282 g/mol. The predicted octanol–water partition coefficient (Wildman–Crippen LogP) is 3.27. The van der Waals surface area contributed by atoms with E-state index in [0.29, 0.717) is 11.5 Å². The molecular formula is C16H19N3OS. The van der Waals surface area contributed by atoms with Crippen LogP contribution in [0, 0.1) is 5.41 Å². The first-order valence-corrected chi connectivity index (χ1v) is 7.13. The van der Waals surface area contributed by atoms with Crippen LogP contribution in [0.1, 0.15) is 13.8 Å². The third kappa shape index (κ3) is 3.70. The summed E-state index contributed by atoms with van der Waals surface area (Å²) >= 11 is 4.98. The number of hydrogen-bond donors (Lipinski definition) is 3. The van der Waals surface area contributed by atoms with E-state index in [2.05, 4.69) is 10.6 Å². The van der Waals surface area contributed by atoms with Crippen LogP contribution in [0.2, 0.25) is 0 Å². The van der Waals surface area contributed by atoms with Crippen molar-refractivity contribution in [3.8, 4) is 0 Å². The number of carbonyl (C=O) groups is 1. The van der Waals surface area contributed by atoms with Crippen molar-refractivity contribution in [2.45, 2.75) is 13.8 Å². The summed E-state index contributed by atoms with van der Waals surface area (Å²) in [6.07, 6.45) is 0. The Kier molecular flexibility index (Phi) is 4.43. The van der Waals surface area contributed by atoms with E-state index in [4.69, 9.17) is 18.0 Å². The molecule has 2 rings (SSSR count). The van der Waals surface area contributed by atoms with Crippen molar-refractivity contribution < 1.29 is 4.79 Å². The van der Waals surface area contributed by atoms with E-state index in [0.717, 1.165) is 16.5 Å². The van der Waals surface area contributed by atoms with Gasteiger partial charge in [0.05, 0.1) is 10.7 Å². The molecule has 0 aromatic heterocycles. The molecule has 0 radical (unpaired) electrons. The van der Waals surface area contributed by atoms with E-state index in [1.165, 1.54) is 0 Å². The van der Waals surface area contributed by atoms with Crippen LogP contribution in [0.3, 0.4) is 0 Å². The molecule has 2 aromatic carbocycles. The molecule has 0 saturated heterocycles. The lowest BCUT2D eigenvalue weighted by Crippen LogP contribution is -2.42. The van der Waals surface area contributed by atoms with Crippen LogP contribution in [-0.2, 0) is 0 Å². The molecule has 0 aliphatic carbocycles. The highest BCUT2D eigenvalue weighted by Gasteiger charge is 2.22. The van der Waals surface area contributed by atoms with Crippen LogP contribution >= 0.6 is 12.2 Å². The number of benzene rings is 2.